The summed E-state index contributed by atoms with van der Waals surface area (Å²) >= 11 is 0. The molecule has 36 heavy (non-hydrogen) atoms. The van der Waals surface area contributed by atoms with E-state index in [0.29, 0.717) is 28.9 Å². The van der Waals surface area contributed by atoms with Gasteiger partial charge in [-0.1, -0.05) is 12.1 Å². The Kier molecular flexibility index (Phi) is 5.31. The van der Waals surface area contributed by atoms with E-state index < -0.39 is 11.6 Å². The molecule has 8 nitrogen and oxygen atoms in total. The van der Waals surface area contributed by atoms with Gasteiger partial charge in [-0.3, -0.25) is 9.48 Å². The first-order valence-corrected chi connectivity index (χ1v) is 11.9. The summed E-state index contributed by atoms with van der Waals surface area (Å²) in [5, 5.41) is 13.2. The zero-order chi connectivity index (χ0) is 25.0. The van der Waals surface area contributed by atoms with Crippen LogP contribution in [0.1, 0.15) is 46.9 Å². The van der Waals surface area contributed by atoms with E-state index in [-0.39, 0.29) is 23.7 Å². The first kappa shape index (κ1) is 22.4. The van der Waals surface area contributed by atoms with Crippen molar-refractivity contribution in [3.63, 3.8) is 0 Å². The predicted octanol–water partition coefficient (Wildman–Crippen LogP) is 4.25. The zero-order valence-corrected chi connectivity index (χ0v) is 19.9. The SMILES string of the molecule is COc1cc(-c2c3c(nn2C)[C@H]2CCC[C@H](C3)N2C(=O)c2ccccc2-n2nccn2)cc(F)c1F. The highest BCUT2D eigenvalue weighted by Gasteiger charge is 2.44. The number of aryl methyl sites for hydroxylation is 1. The average Bonchev–Trinajstić information content (AvgIpc) is 3.53. The molecule has 2 aromatic carbocycles. The first-order chi connectivity index (χ1) is 17.5. The summed E-state index contributed by atoms with van der Waals surface area (Å²) in [7, 11) is 3.10. The maximum Gasteiger partial charge on any atom is 0.256 e. The molecular weight excluding hydrogens is 466 g/mol. The van der Waals surface area contributed by atoms with Crippen LogP contribution in [0.3, 0.4) is 0 Å². The highest BCUT2D eigenvalue weighted by atomic mass is 19.2. The molecule has 0 radical (unpaired) electrons. The molecule has 0 aliphatic carbocycles. The second-order valence-corrected chi connectivity index (χ2v) is 9.16. The Balaban J connectivity index is 1.43. The molecule has 2 aliphatic heterocycles. The molecule has 4 heterocycles. The van der Waals surface area contributed by atoms with E-state index in [9.17, 15) is 13.6 Å². The molecule has 0 saturated carbocycles. The summed E-state index contributed by atoms with van der Waals surface area (Å²) in [5.74, 6) is -2.24. The van der Waals surface area contributed by atoms with E-state index in [1.807, 2.05) is 23.1 Å². The highest BCUT2D eigenvalue weighted by Crippen LogP contribution is 2.45. The Morgan fingerprint density at radius 3 is 2.67 bits per heavy atom. The monoisotopic (exact) mass is 490 g/mol. The topological polar surface area (TPSA) is 78.1 Å². The van der Waals surface area contributed by atoms with E-state index in [2.05, 4.69) is 10.2 Å². The van der Waals surface area contributed by atoms with Crippen LogP contribution in [0, 0.1) is 11.6 Å². The van der Waals surface area contributed by atoms with Gasteiger partial charge in [0.1, 0.15) is 0 Å². The predicted molar refractivity (Wildman–Crippen MR) is 127 cm³/mol. The minimum Gasteiger partial charge on any atom is -0.494 e. The Labute approximate surface area is 206 Å². The van der Waals surface area contributed by atoms with Gasteiger partial charge in [-0.2, -0.15) is 24.5 Å². The molecule has 1 amide bonds. The summed E-state index contributed by atoms with van der Waals surface area (Å²) in [6.07, 6.45) is 6.32. The van der Waals surface area contributed by atoms with Crippen LogP contribution in [0.5, 0.6) is 5.75 Å². The van der Waals surface area contributed by atoms with Crippen molar-refractivity contribution in [3.05, 3.63) is 77.2 Å². The van der Waals surface area contributed by atoms with Crippen LogP contribution < -0.4 is 4.74 Å². The number of rotatable bonds is 4. The molecule has 2 atom stereocenters. The fourth-order valence-electron chi connectivity index (χ4n) is 5.67. The van der Waals surface area contributed by atoms with Gasteiger partial charge >= 0.3 is 0 Å². The number of methoxy groups -OCH3 is 1. The van der Waals surface area contributed by atoms with E-state index in [4.69, 9.17) is 9.84 Å². The molecular formula is C26H24F2N6O2. The number of ether oxygens (including phenoxy) is 1. The van der Waals surface area contributed by atoms with Crippen molar-refractivity contribution in [1.29, 1.82) is 0 Å². The van der Waals surface area contributed by atoms with Crippen molar-refractivity contribution >= 4 is 5.91 Å². The van der Waals surface area contributed by atoms with Crippen LogP contribution in [0.4, 0.5) is 8.78 Å². The third-order valence-corrected chi connectivity index (χ3v) is 7.17. The van der Waals surface area contributed by atoms with Crippen molar-refractivity contribution in [3.8, 4) is 22.7 Å². The molecule has 6 rings (SSSR count). The van der Waals surface area contributed by atoms with Gasteiger partial charge in [0.2, 0.25) is 5.82 Å². The van der Waals surface area contributed by atoms with Gasteiger partial charge in [0, 0.05) is 24.2 Å². The molecule has 0 spiro atoms. The van der Waals surface area contributed by atoms with Crippen molar-refractivity contribution in [2.75, 3.05) is 7.11 Å². The molecule has 4 aromatic rings. The largest absolute Gasteiger partial charge is 0.494 e. The van der Waals surface area contributed by atoms with E-state index >= 15 is 0 Å². The molecule has 0 unspecified atom stereocenters. The Hall–Kier alpha value is -4.08. The van der Waals surface area contributed by atoms with Crippen molar-refractivity contribution < 1.29 is 18.3 Å². The number of amides is 1. The lowest BCUT2D eigenvalue weighted by Gasteiger charge is -2.45. The maximum absolute atomic E-state index is 14.4. The van der Waals surface area contributed by atoms with Crippen molar-refractivity contribution in [1.82, 2.24) is 29.7 Å². The maximum atomic E-state index is 14.4. The number of aromatic nitrogens is 5. The van der Waals surface area contributed by atoms with E-state index in [0.717, 1.165) is 30.5 Å². The van der Waals surface area contributed by atoms with Crippen LogP contribution in [-0.4, -0.2) is 48.7 Å². The van der Waals surface area contributed by atoms with Crippen LogP contribution in [0.2, 0.25) is 0 Å². The molecule has 2 aromatic heterocycles. The number of hydrogen-bond acceptors (Lipinski definition) is 5. The highest BCUT2D eigenvalue weighted by molar-refractivity contribution is 5.98. The molecule has 1 saturated heterocycles. The van der Waals surface area contributed by atoms with Gasteiger partial charge in [0.15, 0.2) is 11.6 Å². The number of para-hydroxylation sites is 1. The first-order valence-electron chi connectivity index (χ1n) is 11.9. The van der Waals surface area contributed by atoms with Crippen LogP contribution in [0.15, 0.2) is 48.8 Å². The molecule has 10 heteroatoms. The minimum atomic E-state index is -1.02. The van der Waals surface area contributed by atoms with Crippen LogP contribution >= 0.6 is 0 Å². The zero-order valence-electron chi connectivity index (χ0n) is 19.9. The number of carbonyl (C=O) groups is 1. The minimum absolute atomic E-state index is 0.0440. The van der Waals surface area contributed by atoms with Crippen LogP contribution in [0.25, 0.3) is 16.9 Å². The third kappa shape index (κ3) is 3.39. The standard InChI is InChI=1S/C26H24F2N6O2/c1-32-25(15-12-19(27)23(28)22(13-15)36-2)18-14-16-6-5-9-21(24(18)31-32)33(16)26(35)17-7-3-4-8-20(17)34-29-10-11-30-34/h3-4,7-8,10-13,16,21H,5-6,9,14H2,1-2H3/t16-,21-/m1/s1. The van der Waals surface area contributed by atoms with Gasteiger partial charge in [-0.25, -0.2) is 4.39 Å². The summed E-state index contributed by atoms with van der Waals surface area (Å²) in [4.78, 5) is 17.4. The lowest BCUT2D eigenvalue weighted by atomic mass is 9.81. The molecule has 0 N–H and O–H groups in total. The Bertz CT molecular complexity index is 1470. The van der Waals surface area contributed by atoms with Gasteiger partial charge in [-0.05, 0) is 49.9 Å². The fraction of sp³-hybridized carbons (Fsp3) is 0.308. The van der Waals surface area contributed by atoms with Gasteiger partial charge < -0.3 is 9.64 Å². The number of piperidine rings is 1. The van der Waals surface area contributed by atoms with Crippen molar-refractivity contribution in [2.24, 2.45) is 7.05 Å². The number of nitrogens with zero attached hydrogens (tertiary/aromatic N) is 6. The quantitative estimate of drug-likeness (QED) is 0.428. The van der Waals surface area contributed by atoms with Crippen LogP contribution in [-0.2, 0) is 13.5 Å². The number of hydrogen-bond donors (Lipinski definition) is 0. The second kappa shape index (κ2) is 8.54. The third-order valence-electron chi connectivity index (χ3n) is 7.17. The molecule has 184 valence electrons. The number of halogens is 2. The summed E-state index contributed by atoms with van der Waals surface area (Å²) < 4.78 is 35.2. The average molecular weight is 491 g/mol. The van der Waals surface area contributed by atoms with Gasteiger partial charge in [0.05, 0.1) is 48.2 Å². The Morgan fingerprint density at radius 2 is 1.89 bits per heavy atom. The number of carbonyl (C=O) groups excluding carboxylic acids is 1. The van der Waals surface area contributed by atoms with E-state index in [1.54, 1.807) is 30.2 Å². The lowest BCUT2D eigenvalue weighted by molar-refractivity contribution is 0.0391. The fourth-order valence-corrected chi connectivity index (χ4v) is 5.67. The van der Waals surface area contributed by atoms with E-state index in [1.165, 1.54) is 24.0 Å². The number of benzene rings is 2. The molecule has 2 aliphatic rings. The summed E-state index contributed by atoms with van der Waals surface area (Å²) in [5.41, 5.74) is 4.12. The van der Waals surface area contributed by atoms with Gasteiger partial charge in [0.25, 0.3) is 5.91 Å². The normalized spacial score (nSPS) is 18.7. The summed E-state index contributed by atoms with van der Waals surface area (Å²) in [6.45, 7) is 0. The Morgan fingerprint density at radius 1 is 1.11 bits per heavy atom. The molecule has 2 bridgehead atoms. The molecule has 1 fully saturated rings. The van der Waals surface area contributed by atoms with Crippen molar-refractivity contribution in [2.45, 2.75) is 37.8 Å². The smallest absolute Gasteiger partial charge is 0.256 e. The number of fused-ring (bicyclic) bond motifs is 4. The lowest BCUT2D eigenvalue weighted by Crippen LogP contribution is -2.50. The van der Waals surface area contributed by atoms with Gasteiger partial charge in [-0.15, -0.1) is 0 Å². The summed E-state index contributed by atoms with van der Waals surface area (Å²) in [6, 6.07) is 9.72. The second-order valence-electron chi connectivity index (χ2n) is 9.16.